The molecular weight excluding hydrogens is 318 g/mol. The van der Waals surface area contributed by atoms with E-state index in [-0.39, 0.29) is 11.6 Å². The van der Waals surface area contributed by atoms with Crippen LogP contribution in [-0.2, 0) is 4.74 Å². The maximum absolute atomic E-state index is 12.3. The molecule has 9 nitrogen and oxygen atoms in total. The quantitative estimate of drug-likeness (QED) is 0.504. The van der Waals surface area contributed by atoms with Crippen molar-refractivity contribution in [1.82, 2.24) is 9.55 Å². The average Bonchev–Trinajstić information content (AvgIpc) is 2.87. The number of hydrogen-bond donors (Lipinski definition) is 4. The zero-order valence-corrected chi connectivity index (χ0v) is 12.4. The van der Waals surface area contributed by atoms with Gasteiger partial charge in [0, 0.05) is 0 Å². The second-order valence-corrected chi connectivity index (χ2v) is 5.60. The van der Waals surface area contributed by atoms with Crippen LogP contribution in [0.15, 0.2) is 35.3 Å². The molecule has 2 aliphatic rings. The lowest BCUT2D eigenvalue weighted by molar-refractivity contribution is -0.0551. The van der Waals surface area contributed by atoms with Crippen LogP contribution in [0.4, 0.5) is 11.5 Å². The van der Waals surface area contributed by atoms with Crippen molar-refractivity contribution >= 4 is 11.5 Å². The van der Waals surface area contributed by atoms with E-state index in [2.05, 4.69) is 10.3 Å². The van der Waals surface area contributed by atoms with Crippen molar-refractivity contribution in [3.63, 3.8) is 0 Å². The SMILES string of the molecule is O=c1nc2c(cn1[C@@H]1O[C@H](CO)[C@H](O)[C@@H]1O)Oc1ccccc1N2. The topological polar surface area (TPSA) is 126 Å². The number of ether oxygens (including phenoxy) is 2. The molecule has 2 aromatic rings. The van der Waals surface area contributed by atoms with Crippen LogP contribution in [0.3, 0.4) is 0 Å². The number of aliphatic hydroxyl groups is 3. The summed E-state index contributed by atoms with van der Waals surface area (Å²) in [6.07, 6.45) is -3.46. The molecule has 4 N–H and O–H groups in total. The van der Waals surface area contributed by atoms with E-state index in [0.717, 1.165) is 4.57 Å². The van der Waals surface area contributed by atoms with Crippen molar-refractivity contribution in [2.75, 3.05) is 11.9 Å². The molecule has 0 unspecified atom stereocenters. The fourth-order valence-electron chi connectivity index (χ4n) is 2.81. The highest BCUT2D eigenvalue weighted by molar-refractivity contribution is 5.72. The molecule has 2 aliphatic heterocycles. The third kappa shape index (κ3) is 2.26. The number of rotatable bonds is 2. The maximum atomic E-state index is 12.3. The molecule has 126 valence electrons. The lowest BCUT2D eigenvalue weighted by Crippen LogP contribution is -2.36. The number of nitrogens with one attached hydrogen (secondary N) is 1. The fourth-order valence-corrected chi connectivity index (χ4v) is 2.81. The molecule has 4 rings (SSSR count). The van der Waals surface area contributed by atoms with Gasteiger partial charge >= 0.3 is 5.69 Å². The van der Waals surface area contributed by atoms with E-state index >= 15 is 0 Å². The first-order chi connectivity index (χ1) is 11.6. The van der Waals surface area contributed by atoms with Gasteiger partial charge < -0.3 is 30.1 Å². The third-order valence-corrected chi connectivity index (χ3v) is 4.07. The second-order valence-electron chi connectivity index (χ2n) is 5.60. The molecule has 3 heterocycles. The zero-order valence-electron chi connectivity index (χ0n) is 12.4. The molecule has 0 saturated carbocycles. The van der Waals surface area contributed by atoms with E-state index in [1.165, 1.54) is 6.20 Å². The second kappa shape index (κ2) is 5.56. The Balaban J connectivity index is 1.72. The Kier molecular flexibility index (Phi) is 3.50. The van der Waals surface area contributed by atoms with Crippen molar-refractivity contribution in [2.45, 2.75) is 24.5 Å². The van der Waals surface area contributed by atoms with E-state index < -0.39 is 36.8 Å². The summed E-state index contributed by atoms with van der Waals surface area (Å²) in [6.45, 7) is -0.479. The summed E-state index contributed by atoms with van der Waals surface area (Å²) >= 11 is 0. The Labute approximate surface area is 135 Å². The maximum Gasteiger partial charge on any atom is 0.351 e. The summed E-state index contributed by atoms with van der Waals surface area (Å²) in [5.74, 6) is 1.10. The lowest BCUT2D eigenvalue weighted by Gasteiger charge is -2.23. The molecular formula is C15H15N3O6. The van der Waals surface area contributed by atoms with Gasteiger partial charge in [-0.3, -0.25) is 4.57 Å². The van der Waals surface area contributed by atoms with Crippen molar-refractivity contribution in [3.8, 4) is 11.5 Å². The van der Waals surface area contributed by atoms with Gasteiger partial charge in [0.05, 0.1) is 18.5 Å². The zero-order chi connectivity index (χ0) is 16.8. The Morgan fingerprint density at radius 3 is 2.75 bits per heavy atom. The molecule has 1 saturated heterocycles. The predicted molar refractivity (Wildman–Crippen MR) is 81.3 cm³/mol. The number of benzene rings is 1. The van der Waals surface area contributed by atoms with E-state index in [0.29, 0.717) is 11.4 Å². The number of para-hydroxylation sites is 2. The summed E-state index contributed by atoms with van der Waals surface area (Å²) in [5, 5.41) is 32.1. The number of hydrogen-bond acceptors (Lipinski definition) is 8. The van der Waals surface area contributed by atoms with Gasteiger partial charge in [-0.15, -0.1) is 0 Å². The molecule has 1 aromatic carbocycles. The number of anilines is 2. The smallest absolute Gasteiger partial charge is 0.351 e. The van der Waals surface area contributed by atoms with Gasteiger partial charge in [0.2, 0.25) is 0 Å². The van der Waals surface area contributed by atoms with Crippen LogP contribution < -0.4 is 15.7 Å². The largest absolute Gasteiger partial charge is 0.450 e. The van der Waals surface area contributed by atoms with Crippen molar-refractivity contribution in [2.24, 2.45) is 0 Å². The molecule has 0 aliphatic carbocycles. The monoisotopic (exact) mass is 333 g/mol. The molecule has 0 radical (unpaired) electrons. The highest BCUT2D eigenvalue weighted by Crippen LogP contribution is 2.40. The predicted octanol–water partition coefficient (Wildman–Crippen LogP) is -0.296. The minimum atomic E-state index is -1.37. The van der Waals surface area contributed by atoms with E-state index in [1.54, 1.807) is 18.2 Å². The van der Waals surface area contributed by atoms with Gasteiger partial charge in [-0.25, -0.2) is 4.79 Å². The molecule has 1 aromatic heterocycles. The Hall–Kier alpha value is -2.46. The Morgan fingerprint density at radius 1 is 1.21 bits per heavy atom. The first kappa shape index (κ1) is 15.1. The molecule has 4 atom stereocenters. The summed E-state index contributed by atoms with van der Waals surface area (Å²) in [4.78, 5) is 16.2. The highest BCUT2D eigenvalue weighted by Gasteiger charge is 2.44. The van der Waals surface area contributed by atoms with Gasteiger partial charge in [0.15, 0.2) is 23.5 Å². The van der Waals surface area contributed by atoms with Crippen LogP contribution in [0.2, 0.25) is 0 Å². The normalized spacial score (nSPS) is 27.8. The van der Waals surface area contributed by atoms with Gasteiger partial charge in [-0.05, 0) is 12.1 Å². The van der Waals surface area contributed by atoms with Crippen molar-refractivity contribution in [1.29, 1.82) is 0 Å². The summed E-state index contributed by atoms with van der Waals surface area (Å²) in [6, 6.07) is 7.17. The molecule has 9 heteroatoms. The van der Waals surface area contributed by atoms with Crippen LogP contribution in [0.25, 0.3) is 0 Å². The number of fused-ring (bicyclic) bond motifs is 2. The summed E-state index contributed by atoms with van der Waals surface area (Å²) in [7, 11) is 0. The van der Waals surface area contributed by atoms with Gasteiger partial charge in [-0.1, -0.05) is 12.1 Å². The van der Waals surface area contributed by atoms with Gasteiger partial charge in [-0.2, -0.15) is 4.98 Å². The molecule has 24 heavy (non-hydrogen) atoms. The standard InChI is InChI=1S/C15H15N3O6/c19-6-10-11(20)12(21)14(24-10)18-5-9-13(17-15(18)22)16-7-3-1-2-4-8(7)23-9/h1-5,10-12,14,19-21H,6H2,(H,16,17,22)/t10-,11+,12+,14-/m1/s1. The minimum absolute atomic E-state index is 0.252. The van der Waals surface area contributed by atoms with E-state index in [1.807, 2.05) is 6.07 Å². The van der Waals surface area contributed by atoms with Crippen molar-refractivity contribution < 1.29 is 24.8 Å². The van der Waals surface area contributed by atoms with Crippen LogP contribution in [-0.4, -0.2) is 49.8 Å². The number of aliphatic hydroxyl groups excluding tert-OH is 3. The van der Waals surface area contributed by atoms with Gasteiger partial charge in [0.25, 0.3) is 0 Å². The lowest BCUT2D eigenvalue weighted by atomic mass is 10.1. The minimum Gasteiger partial charge on any atom is -0.450 e. The van der Waals surface area contributed by atoms with Crippen LogP contribution in [0.1, 0.15) is 6.23 Å². The van der Waals surface area contributed by atoms with Crippen LogP contribution >= 0.6 is 0 Å². The molecule has 0 amide bonds. The van der Waals surface area contributed by atoms with Crippen molar-refractivity contribution in [3.05, 3.63) is 40.9 Å². The summed E-state index contributed by atoms with van der Waals surface area (Å²) < 4.78 is 12.1. The van der Waals surface area contributed by atoms with Gasteiger partial charge in [0.1, 0.15) is 18.3 Å². The molecule has 0 spiro atoms. The molecule has 0 bridgehead atoms. The number of nitrogens with zero attached hydrogens (tertiary/aromatic N) is 2. The van der Waals surface area contributed by atoms with Crippen LogP contribution in [0, 0.1) is 0 Å². The fraction of sp³-hybridized carbons (Fsp3) is 0.333. The Morgan fingerprint density at radius 2 is 2.00 bits per heavy atom. The third-order valence-electron chi connectivity index (χ3n) is 4.07. The van der Waals surface area contributed by atoms with E-state index in [9.17, 15) is 15.0 Å². The molecule has 1 fully saturated rings. The van der Waals surface area contributed by atoms with Crippen LogP contribution in [0.5, 0.6) is 11.5 Å². The van der Waals surface area contributed by atoms with E-state index in [4.69, 9.17) is 14.6 Å². The number of aromatic nitrogens is 2. The Bertz CT molecular complexity index is 838. The summed E-state index contributed by atoms with van der Waals surface area (Å²) in [5.41, 5.74) is 0.00152. The highest BCUT2D eigenvalue weighted by atomic mass is 16.6. The first-order valence-corrected chi connectivity index (χ1v) is 7.38. The first-order valence-electron chi connectivity index (χ1n) is 7.38. The average molecular weight is 333 g/mol.